The molecule has 5 aromatic rings. The van der Waals surface area contributed by atoms with Gasteiger partial charge in [-0.1, -0.05) is 54.6 Å². The van der Waals surface area contributed by atoms with E-state index in [-0.39, 0.29) is 6.10 Å². The van der Waals surface area contributed by atoms with E-state index in [1.807, 2.05) is 24.4 Å². The summed E-state index contributed by atoms with van der Waals surface area (Å²) >= 11 is 0. The normalized spacial score (nSPS) is 14.3. The molecule has 6 rings (SSSR count). The van der Waals surface area contributed by atoms with Crippen LogP contribution in [0.3, 0.4) is 0 Å². The molecular formula is C30H25NO2. The van der Waals surface area contributed by atoms with Crippen LogP contribution in [0.1, 0.15) is 41.2 Å². The summed E-state index contributed by atoms with van der Waals surface area (Å²) in [4.78, 5) is 15.9. The van der Waals surface area contributed by atoms with E-state index in [0.29, 0.717) is 12.9 Å². The molecule has 33 heavy (non-hydrogen) atoms. The Morgan fingerprint density at radius 2 is 1.70 bits per heavy atom. The fourth-order valence-electron chi connectivity index (χ4n) is 5.37. The summed E-state index contributed by atoms with van der Waals surface area (Å²) in [7, 11) is 0. The number of hydrogen-bond acceptors (Lipinski definition) is 3. The lowest BCUT2D eigenvalue weighted by molar-refractivity contribution is -0.133. The fourth-order valence-corrected chi connectivity index (χ4v) is 5.37. The molecule has 0 bridgehead atoms. The Morgan fingerprint density at radius 3 is 2.64 bits per heavy atom. The molecule has 1 aliphatic rings. The van der Waals surface area contributed by atoms with Crippen LogP contribution in [0.2, 0.25) is 0 Å². The van der Waals surface area contributed by atoms with Crippen molar-refractivity contribution < 1.29 is 9.53 Å². The molecule has 0 radical (unpaired) electrons. The van der Waals surface area contributed by atoms with Crippen molar-refractivity contribution in [3.05, 3.63) is 101 Å². The van der Waals surface area contributed by atoms with Crippen molar-refractivity contribution in [3.63, 3.8) is 0 Å². The Bertz CT molecular complexity index is 1500. The van der Waals surface area contributed by atoms with Crippen LogP contribution in [0.15, 0.2) is 79.0 Å². The van der Waals surface area contributed by atoms with Crippen LogP contribution in [-0.2, 0) is 28.8 Å². The molecule has 0 fully saturated rings. The zero-order chi connectivity index (χ0) is 22.2. The Balaban J connectivity index is 1.38. The highest BCUT2D eigenvalue weighted by atomic mass is 16.5. The van der Waals surface area contributed by atoms with Gasteiger partial charge in [0.25, 0.3) is 6.47 Å². The number of rotatable bonds is 5. The molecule has 1 aromatic heterocycles. The molecule has 3 heteroatoms. The number of carbonyl (C=O) groups is 1. The molecule has 3 nitrogen and oxygen atoms in total. The minimum atomic E-state index is -0.353. The highest BCUT2D eigenvalue weighted by Crippen LogP contribution is 2.35. The van der Waals surface area contributed by atoms with Gasteiger partial charge in [-0.15, -0.1) is 0 Å². The summed E-state index contributed by atoms with van der Waals surface area (Å²) in [6, 6.07) is 25.7. The molecule has 0 saturated carbocycles. The Labute approximate surface area is 193 Å². The van der Waals surface area contributed by atoms with E-state index in [2.05, 4.69) is 59.6 Å². The molecule has 1 atom stereocenters. The number of para-hydroxylation sites is 1. The predicted molar refractivity (Wildman–Crippen MR) is 133 cm³/mol. The van der Waals surface area contributed by atoms with Crippen molar-refractivity contribution in [2.24, 2.45) is 0 Å². The number of hydrogen-bond donors (Lipinski definition) is 0. The molecule has 0 saturated heterocycles. The van der Waals surface area contributed by atoms with Crippen LogP contribution < -0.4 is 0 Å². The van der Waals surface area contributed by atoms with E-state index >= 15 is 0 Å². The van der Waals surface area contributed by atoms with Crippen molar-refractivity contribution in [2.45, 2.75) is 38.2 Å². The van der Waals surface area contributed by atoms with Gasteiger partial charge in [-0.25, -0.2) is 0 Å². The van der Waals surface area contributed by atoms with Gasteiger partial charge in [0, 0.05) is 18.0 Å². The summed E-state index contributed by atoms with van der Waals surface area (Å²) in [5.74, 6) is 0. The smallest absolute Gasteiger partial charge is 0.293 e. The molecule has 162 valence electrons. The summed E-state index contributed by atoms with van der Waals surface area (Å²) in [6.45, 7) is 0.552. The number of carbonyl (C=O) groups excluding carboxylic acids is 1. The molecule has 0 aliphatic heterocycles. The lowest BCUT2D eigenvalue weighted by Gasteiger charge is -2.20. The second-order valence-corrected chi connectivity index (χ2v) is 9.01. The van der Waals surface area contributed by atoms with Crippen molar-refractivity contribution in [2.75, 3.05) is 0 Å². The fraction of sp³-hybridized carbons (Fsp3) is 0.200. The van der Waals surface area contributed by atoms with Gasteiger partial charge in [0.05, 0.1) is 5.52 Å². The molecule has 1 aliphatic carbocycles. The van der Waals surface area contributed by atoms with Crippen LogP contribution in [0, 0.1) is 0 Å². The standard InChI is InChI=1S/C30H25NO2/c32-19-33-30(16-20-15-23-6-2-4-8-29(23)31-18-20)24-11-12-26-22(17-24)10-14-27-25-7-3-1-5-21(25)9-13-28(26)27/h2,4,6,8-15,17-19,30H,1,3,5,7,16H2. The number of fused-ring (bicyclic) bond motifs is 6. The highest BCUT2D eigenvalue weighted by Gasteiger charge is 2.17. The Kier molecular flexibility index (Phi) is 5.03. The van der Waals surface area contributed by atoms with E-state index < -0.39 is 0 Å². The number of nitrogens with zero attached hydrogens (tertiary/aromatic N) is 1. The maximum atomic E-state index is 11.3. The third-order valence-corrected chi connectivity index (χ3v) is 7.03. The minimum absolute atomic E-state index is 0.353. The first-order valence-corrected chi connectivity index (χ1v) is 11.7. The maximum absolute atomic E-state index is 11.3. The first-order valence-electron chi connectivity index (χ1n) is 11.7. The lowest BCUT2D eigenvalue weighted by atomic mass is 9.86. The van der Waals surface area contributed by atoms with Crippen molar-refractivity contribution in [3.8, 4) is 0 Å². The molecule has 1 unspecified atom stereocenters. The average molecular weight is 432 g/mol. The molecule has 0 spiro atoms. The molecular weight excluding hydrogens is 406 g/mol. The number of aromatic nitrogens is 1. The number of ether oxygens (including phenoxy) is 1. The largest absolute Gasteiger partial charge is 0.459 e. The average Bonchev–Trinajstić information content (AvgIpc) is 2.87. The van der Waals surface area contributed by atoms with E-state index in [9.17, 15) is 4.79 Å². The van der Waals surface area contributed by atoms with Crippen LogP contribution in [-0.4, -0.2) is 11.5 Å². The third kappa shape index (κ3) is 3.64. The highest BCUT2D eigenvalue weighted by molar-refractivity contribution is 6.09. The molecule has 4 aromatic carbocycles. The van der Waals surface area contributed by atoms with Gasteiger partial charge >= 0.3 is 0 Å². The second-order valence-electron chi connectivity index (χ2n) is 9.01. The number of benzene rings is 4. The van der Waals surface area contributed by atoms with Gasteiger partial charge < -0.3 is 4.74 Å². The van der Waals surface area contributed by atoms with Gasteiger partial charge in [0.2, 0.25) is 0 Å². The van der Waals surface area contributed by atoms with Crippen LogP contribution in [0.4, 0.5) is 0 Å². The zero-order valence-corrected chi connectivity index (χ0v) is 18.5. The van der Waals surface area contributed by atoms with E-state index in [1.165, 1.54) is 58.4 Å². The van der Waals surface area contributed by atoms with Crippen molar-refractivity contribution >= 4 is 38.9 Å². The minimum Gasteiger partial charge on any atom is -0.459 e. The SMILES string of the molecule is O=COC(Cc1cnc2ccccc2c1)c1ccc2c(ccc3c4c(ccc32)CCCC4)c1. The Hall–Kier alpha value is -3.72. The van der Waals surface area contributed by atoms with Crippen LogP contribution in [0.25, 0.3) is 32.4 Å². The van der Waals surface area contributed by atoms with E-state index in [0.717, 1.165) is 22.0 Å². The summed E-state index contributed by atoms with van der Waals surface area (Å²) < 4.78 is 5.55. The summed E-state index contributed by atoms with van der Waals surface area (Å²) in [5.41, 5.74) is 6.04. The second kappa shape index (κ2) is 8.32. The quantitative estimate of drug-likeness (QED) is 0.225. The topological polar surface area (TPSA) is 39.2 Å². The molecule has 1 heterocycles. The molecule has 0 amide bonds. The summed E-state index contributed by atoms with van der Waals surface area (Å²) in [6.07, 6.45) is 7.04. The van der Waals surface area contributed by atoms with Gasteiger partial charge in [-0.05, 0) is 87.7 Å². The summed E-state index contributed by atoms with van der Waals surface area (Å²) in [5, 5.41) is 6.21. The van der Waals surface area contributed by atoms with Crippen LogP contribution >= 0.6 is 0 Å². The maximum Gasteiger partial charge on any atom is 0.293 e. The first kappa shape index (κ1) is 19.9. The van der Waals surface area contributed by atoms with Gasteiger partial charge in [-0.3, -0.25) is 9.78 Å². The van der Waals surface area contributed by atoms with Gasteiger partial charge in [0.1, 0.15) is 6.10 Å². The van der Waals surface area contributed by atoms with Gasteiger partial charge in [0.15, 0.2) is 0 Å². The van der Waals surface area contributed by atoms with Gasteiger partial charge in [-0.2, -0.15) is 0 Å². The molecule has 0 N–H and O–H groups in total. The first-order chi connectivity index (χ1) is 16.3. The lowest BCUT2D eigenvalue weighted by Crippen LogP contribution is -2.07. The number of pyridine rings is 1. The Morgan fingerprint density at radius 1 is 0.848 bits per heavy atom. The van der Waals surface area contributed by atoms with E-state index in [1.54, 1.807) is 0 Å². The third-order valence-electron chi connectivity index (χ3n) is 7.03. The van der Waals surface area contributed by atoms with Crippen molar-refractivity contribution in [1.29, 1.82) is 0 Å². The van der Waals surface area contributed by atoms with Crippen LogP contribution in [0.5, 0.6) is 0 Å². The van der Waals surface area contributed by atoms with Crippen molar-refractivity contribution in [1.82, 2.24) is 4.98 Å². The monoisotopic (exact) mass is 431 g/mol. The zero-order valence-electron chi connectivity index (χ0n) is 18.5. The van der Waals surface area contributed by atoms with E-state index in [4.69, 9.17) is 4.74 Å². The predicted octanol–water partition coefficient (Wildman–Crippen LogP) is 6.88. The number of aryl methyl sites for hydroxylation is 2.